The number of nitrogens with zero attached hydrogens (tertiary/aromatic N) is 4. The smallest absolute Gasteiger partial charge is 0.146 e. The SMILES string of the molecule is CC(C)CN(CCC(N)=NO)c1ncncc1Br. The van der Waals surface area contributed by atoms with Gasteiger partial charge in [-0.1, -0.05) is 19.0 Å². The van der Waals surface area contributed by atoms with E-state index in [2.05, 4.69) is 49.8 Å². The van der Waals surface area contributed by atoms with Crippen molar-refractivity contribution in [1.82, 2.24) is 9.97 Å². The quantitative estimate of drug-likeness (QED) is 0.362. The van der Waals surface area contributed by atoms with Crippen molar-refractivity contribution in [2.75, 3.05) is 18.0 Å². The summed E-state index contributed by atoms with van der Waals surface area (Å²) in [5.74, 6) is 1.53. The summed E-state index contributed by atoms with van der Waals surface area (Å²) in [6.45, 7) is 5.75. The Morgan fingerprint density at radius 2 is 2.33 bits per heavy atom. The third-order valence-electron chi connectivity index (χ3n) is 2.30. The molecule has 0 bridgehead atoms. The van der Waals surface area contributed by atoms with Crippen LogP contribution in [0.1, 0.15) is 20.3 Å². The number of nitrogens with two attached hydrogens (primary N) is 1. The van der Waals surface area contributed by atoms with Gasteiger partial charge in [0.2, 0.25) is 0 Å². The minimum Gasteiger partial charge on any atom is -0.409 e. The lowest BCUT2D eigenvalue weighted by atomic mass is 10.2. The van der Waals surface area contributed by atoms with Crippen molar-refractivity contribution in [3.05, 3.63) is 17.0 Å². The van der Waals surface area contributed by atoms with E-state index in [0.717, 1.165) is 16.8 Å². The van der Waals surface area contributed by atoms with Crippen LogP contribution in [0.25, 0.3) is 0 Å². The molecule has 0 atom stereocenters. The Balaban J connectivity index is 2.81. The second kappa shape index (κ2) is 7.15. The van der Waals surface area contributed by atoms with Gasteiger partial charge in [-0.05, 0) is 21.8 Å². The minimum atomic E-state index is 0.217. The molecule has 100 valence electrons. The Bertz CT molecular complexity index is 410. The zero-order valence-electron chi connectivity index (χ0n) is 10.5. The van der Waals surface area contributed by atoms with E-state index in [0.29, 0.717) is 18.9 Å². The van der Waals surface area contributed by atoms with Crippen LogP contribution in [0.15, 0.2) is 22.2 Å². The molecule has 0 aliphatic heterocycles. The van der Waals surface area contributed by atoms with Gasteiger partial charge < -0.3 is 15.8 Å². The van der Waals surface area contributed by atoms with E-state index in [4.69, 9.17) is 10.9 Å². The average molecular weight is 316 g/mol. The van der Waals surface area contributed by atoms with Gasteiger partial charge in [-0.25, -0.2) is 9.97 Å². The molecule has 0 saturated carbocycles. The minimum absolute atomic E-state index is 0.217. The molecule has 0 amide bonds. The number of anilines is 1. The van der Waals surface area contributed by atoms with E-state index < -0.39 is 0 Å². The number of hydrogen-bond acceptors (Lipinski definition) is 5. The molecular formula is C11H18BrN5O. The largest absolute Gasteiger partial charge is 0.409 e. The molecule has 0 spiro atoms. The lowest BCUT2D eigenvalue weighted by Gasteiger charge is -2.26. The normalized spacial score (nSPS) is 11.9. The molecule has 1 aromatic rings. The van der Waals surface area contributed by atoms with E-state index in [1.807, 2.05) is 0 Å². The standard InChI is InChI=1S/C11H18BrN5O/c1-8(2)6-17(4-3-10(13)16-18)11-9(12)5-14-7-15-11/h5,7-8,18H,3-4,6H2,1-2H3,(H2,13,16). The highest BCUT2D eigenvalue weighted by Crippen LogP contribution is 2.23. The van der Waals surface area contributed by atoms with Crippen molar-refractivity contribution in [3.8, 4) is 0 Å². The average Bonchev–Trinajstić information content (AvgIpc) is 2.34. The van der Waals surface area contributed by atoms with Gasteiger partial charge in [0.15, 0.2) is 0 Å². The molecule has 0 aromatic carbocycles. The van der Waals surface area contributed by atoms with Gasteiger partial charge in [0.1, 0.15) is 18.0 Å². The summed E-state index contributed by atoms with van der Waals surface area (Å²) in [6, 6.07) is 0. The van der Waals surface area contributed by atoms with Crippen molar-refractivity contribution >= 4 is 27.6 Å². The van der Waals surface area contributed by atoms with Crippen LogP contribution in [0.2, 0.25) is 0 Å². The van der Waals surface area contributed by atoms with Crippen LogP contribution in [0.3, 0.4) is 0 Å². The second-order valence-corrected chi connectivity index (χ2v) is 5.23. The van der Waals surface area contributed by atoms with Crippen molar-refractivity contribution in [3.63, 3.8) is 0 Å². The maximum atomic E-state index is 8.56. The topological polar surface area (TPSA) is 87.6 Å². The summed E-state index contributed by atoms with van der Waals surface area (Å²) >= 11 is 3.43. The van der Waals surface area contributed by atoms with Crippen LogP contribution in [0, 0.1) is 5.92 Å². The van der Waals surface area contributed by atoms with Crippen LogP contribution in [0.5, 0.6) is 0 Å². The summed E-state index contributed by atoms with van der Waals surface area (Å²) in [7, 11) is 0. The first-order valence-electron chi connectivity index (χ1n) is 5.71. The number of halogens is 1. The van der Waals surface area contributed by atoms with Crippen LogP contribution in [0.4, 0.5) is 5.82 Å². The summed E-state index contributed by atoms with van der Waals surface area (Å²) in [5, 5.41) is 11.5. The first-order valence-corrected chi connectivity index (χ1v) is 6.50. The summed E-state index contributed by atoms with van der Waals surface area (Å²) in [4.78, 5) is 10.3. The Labute approximate surface area is 115 Å². The van der Waals surface area contributed by atoms with Gasteiger partial charge in [-0.3, -0.25) is 0 Å². The predicted octanol–water partition coefficient (Wildman–Crippen LogP) is 1.84. The molecule has 6 nitrogen and oxygen atoms in total. The molecule has 0 fully saturated rings. The molecule has 1 rings (SSSR count). The van der Waals surface area contributed by atoms with Gasteiger partial charge >= 0.3 is 0 Å². The molecular weight excluding hydrogens is 298 g/mol. The first kappa shape index (κ1) is 14.7. The van der Waals surface area contributed by atoms with Crippen molar-refractivity contribution in [2.24, 2.45) is 16.8 Å². The third kappa shape index (κ3) is 4.48. The number of amidine groups is 1. The Morgan fingerprint density at radius 1 is 1.61 bits per heavy atom. The summed E-state index contributed by atoms with van der Waals surface area (Å²) < 4.78 is 0.838. The van der Waals surface area contributed by atoms with Gasteiger partial charge in [0, 0.05) is 25.7 Å². The third-order valence-corrected chi connectivity index (χ3v) is 2.86. The molecule has 0 unspecified atom stereocenters. The highest BCUT2D eigenvalue weighted by Gasteiger charge is 2.13. The first-order chi connectivity index (χ1) is 8.54. The van der Waals surface area contributed by atoms with E-state index in [1.54, 1.807) is 6.20 Å². The lowest BCUT2D eigenvalue weighted by molar-refractivity contribution is 0.317. The van der Waals surface area contributed by atoms with Crippen molar-refractivity contribution < 1.29 is 5.21 Å². The molecule has 1 heterocycles. The Kier molecular flexibility index (Phi) is 5.84. The summed E-state index contributed by atoms with van der Waals surface area (Å²) in [5.41, 5.74) is 5.50. The predicted molar refractivity (Wildman–Crippen MR) is 74.8 cm³/mol. The zero-order valence-corrected chi connectivity index (χ0v) is 12.1. The molecule has 3 N–H and O–H groups in total. The molecule has 0 saturated heterocycles. The van der Waals surface area contributed by atoms with Crippen LogP contribution in [-0.2, 0) is 0 Å². The fourth-order valence-corrected chi connectivity index (χ4v) is 2.03. The summed E-state index contributed by atoms with van der Waals surface area (Å²) in [6.07, 6.45) is 3.70. The molecule has 0 aliphatic rings. The lowest BCUT2D eigenvalue weighted by Crippen LogP contribution is -2.32. The van der Waals surface area contributed by atoms with Crippen molar-refractivity contribution in [1.29, 1.82) is 0 Å². The monoisotopic (exact) mass is 315 g/mol. The number of aromatic nitrogens is 2. The van der Waals surface area contributed by atoms with Crippen LogP contribution < -0.4 is 10.6 Å². The molecule has 18 heavy (non-hydrogen) atoms. The highest BCUT2D eigenvalue weighted by molar-refractivity contribution is 9.10. The molecule has 0 radical (unpaired) electrons. The Hall–Kier alpha value is -1.37. The van der Waals surface area contributed by atoms with Crippen LogP contribution in [-0.4, -0.2) is 34.1 Å². The van der Waals surface area contributed by atoms with Gasteiger partial charge in [-0.2, -0.15) is 0 Å². The zero-order chi connectivity index (χ0) is 13.5. The number of hydrogen-bond donors (Lipinski definition) is 2. The Morgan fingerprint density at radius 3 is 2.89 bits per heavy atom. The molecule has 1 aromatic heterocycles. The molecule has 0 aliphatic carbocycles. The van der Waals surface area contributed by atoms with E-state index in [1.165, 1.54) is 6.33 Å². The second-order valence-electron chi connectivity index (χ2n) is 4.38. The van der Waals surface area contributed by atoms with E-state index in [-0.39, 0.29) is 5.84 Å². The highest BCUT2D eigenvalue weighted by atomic mass is 79.9. The molecule has 7 heteroatoms. The van der Waals surface area contributed by atoms with E-state index in [9.17, 15) is 0 Å². The maximum Gasteiger partial charge on any atom is 0.146 e. The van der Waals surface area contributed by atoms with Gasteiger partial charge in [0.05, 0.1) is 4.47 Å². The fourth-order valence-electron chi connectivity index (χ4n) is 1.56. The van der Waals surface area contributed by atoms with Crippen LogP contribution >= 0.6 is 15.9 Å². The number of oxime groups is 1. The number of rotatable bonds is 6. The maximum absolute atomic E-state index is 8.56. The van der Waals surface area contributed by atoms with Gasteiger partial charge in [0.25, 0.3) is 0 Å². The fraction of sp³-hybridized carbons (Fsp3) is 0.545. The van der Waals surface area contributed by atoms with Gasteiger partial charge in [-0.15, -0.1) is 0 Å². The van der Waals surface area contributed by atoms with E-state index >= 15 is 0 Å². The van der Waals surface area contributed by atoms with Crippen molar-refractivity contribution in [2.45, 2.75) is 20.3 Å².